The SMILES string of the molecule is COc1ccc(Nc2ccc3c(CN(C)C)cn(C(=C4CCC4)c4ccc(F)cc4)c3c2)cc1. The predicted octanol–water partition coefficient (Wildman–Crippen LogP) is 7.04. The molecule has 5 rings (SSSR count). The third kappa shape index (κ3) is 4.44. The summed E-state index contributed by atoms with van der Waals surface area (Å²) in [7, 11) is 5.85. The molecule has 0 amide bonds. The van der Waals surface area contributed by atoms with Gasteiger partial charge in [-0.25, -0.2) is 4.39 Å². The third-order valence-corrected chi connectivity index (χ3v) is 6.40. The average Bonchev–Trinajstić information content (AvgIpc) is 3.14. The van der Waals surface area contributed by atoms with Crippen molar-refractivity contribution in [1.82, 2.24) is 9.47 Å². The second-order valence-corrected chi connectivity index (χ2v) is 9.16. The molecular weight excluding hydrogens is 425 g/mol. The first-order valence-corrected chi connectivity index (χ1v) is 11.7. The van der Waals surface area contributed by atoms with Crippen LogP contribution in [0.1, 0.15) is 30.4 Å². The van der Waals surface area contributed by atoms with Crippen molar-refractivity contribution < 1.29 is 9.13 Å². The molecule has 5 heteroatoms. The van der Waals surface area contributed by atoms with E-state index in [0.717, 1.165) is 47.6 Å². The quantitative estimate of drug-likeness (QED) is 0.324. The summed E-state index contributed by atoms with van der Waals surface area (Å²) in [6, 6.07) is 21.4. The van der Waals surface area contributed by atoms with Crippen molar-refractivity contribution in [3.05, 3.63) is 95.4 Å². The molecule has 1 fully saturated rings. The molecule has 1 aliphatic rings. The van der Waals surface area contributed by atoms with Crippen LogP contribution in [0, 0.1) is 5.82 Å². The number of nitrogens with one attached hydrogen (secondary N) is 1. The van der Waals surface area contributed by atoms with E-state index in [1.54, 1.807) is 19.2 Å². The number of aromatic nitrogens is 1. The number of methoxy groups -OCH3 is 1. The molecule has 3 aromatic carbocycles. The molecule has 0 radical (unpaired) electrons. The summed E-state index contributed by atoms with van der Waals surface area (Å²) >= 11 is 0. The van der Waals surface area contributed by atoms with Gasteiger partial charge in [0.1, 0.15) is 11.6 Å². The lowest BCUT2D eigenvalue weighted by Gasteiger charge is -2.24. The molecule has 1 aromatic heterocycles. The maximum Gasteiger partial charge on any atom is 0.123 e. The van der Waals surface area contributed by atoms with Crippen molar-refractivity contribution >= 4 is 28.0 Å². The highest BCUT2D eigenvalue weighted by atomic mass is 19.1. The number of halogens is 1. The first kappa shape index (κ1) is 22.2. The Morgan fingerprint density at radius 3 is 2.29 bits per heavy atom. The molecule has 1 aliphatic carbocycles. The molecular formula is C29H30FN3O. The number of anilines is 2. The van der Waals surface area contributed by atoms with E-state index >= 15 is 0 Å². The number of fused-ring (bicyclic) bond motifs is 1. The molecule has 0 saturated heterocycles. The largest absolute Gasteiger partial charge is 0.497 e. The summed E-state index contributed by atoms with van der Waals surface area (Å²) in [5.41, 5.74) is 8.10. The smallest absolute Gasteiger partial charge is 0.123 e. The molecule has 0 spiro atoms. The highest BCUT2D eigenvalue weighted by Crippen LogP contribution is 2.38. The summed E-state index contributed by atoms with van der Waals surface area (Å²) in [5.74, 6) is 0.623. The average molecular weight is 456 g/mol. The molecule has 0 unspecified atom stereocenters. The Morgan fingerprint density at radius 1 is 0.971 bits per heavy atom. The highest BCUT2D eigenvalue weighted by Gasteiger charge is 2.21. The van der Waals surface area contributed by atoms with Crippen LogP contribution in [0.4, 0.5) is 15.8 Å². The first-order chi connectivity index (χ1) is 16.5. The van der Waals surface area contributed by atoms with Gasteiger partial charge in [0.05, 0.1) is 18.3 Å². The normalized spacial score (nSPS) is 13.3. The molecule has 0 aliphatic heterocycles. The summed E-state index contributed by atoms with van der Waals surface area (Å²) in [6.07, 6.45) is 5.62. The Labute approximate surface area is 200 Å². The second kappa shape index (κ2) is 9.35. The van der Waals surface area contributed by atoms with E-state index in [4.69, 9.17) is 4.74 Å². The fraction of sp³-hybridized carbons (Fsp3) is 0.241. The van der Waals surface area contributed by atoms with Crippen molar-refractivity contribution in [2.45, 2.75) is 25.8 Å². The fourth-order valence-corrected chi connectivity index (χ4v) is 4.58. The first-order valence-electron chi connectivity index (χ1n) is 11.7. The molecule has 4 aromatic rings. The van der Waals surface area contributed by atoms with Gasteiger partial charge in [0.2, 0.25) is 0 Å². The summed E-state index contributed by atoms with van der Waals surface area (Å²) in [5, 5.41) is 4.75. The van der Waals surface area contributed by atoms with Gasteiger partial charge >= 0.3 is 0 Å². The number of nitrogens with zero attached hydrogens (tertiary/aromatic N) is 2. The minimum Gasteiger partial charge on any atom is -0.497 e. The Balaban J connectivity index is 1.63. The molecule has 174 valence electrons. The lowest BCUT2D eigenvalue weighted by atomic mass is 9.88. The molecule has 1 saturated carbocycles. The molecule has 1 N–H and O–H groups in total. The van der Waals surface area contributed by atoms with Gasteiger partial charge < -0.3 is 19.5 Å². The Hall–Kier alpha value is -3.57. The molecule has 4 nitrogen and oxygen atoms in total. The molecule has 34 heavy (non-hydrogen) atoms. The predicted molar refractivity (Wildman–Crippen MR) is 138 cm³/mol. The van der Waals surface area contributed by atoms with Gasteiger partial charge in [-0.3, -0.25) is 0 Å². The van der Waals surface area contributed by atoms with Gasteiger partial charge in [0, 0.05) is 29.5 Å². The zero-order valence-corrected chi connectivity index (χ0v) is 19.9. The van der Waals surface area contributed by atoms with E-state index < -0.39 is 0 Å². The van der Waals surface area contributed by atoms with E-state index in [9.17, 15) is 4.39 Å². The molecule has 0 atom stereocenters. The maximum atomic E-state index is 13.7. The van der Waals surface area contributed by atoms with Gasteiger partial charge in [-0.05, 0) is 111 Å². The number of allylic oxidation sites excluding steroid dienone is 1. The zero-order chi connectivity index (χ0) is 23.7. The van der Waals surface area contributed by atoms with Crippen LogP contribution in [0.15, 0.2) is 78.5 Å². The van der Waals surface area contributed by atoms with Crippen molar-refractivity contribution in [3.8, 4) is 5.75 Å². The highest BCUT2D eigenvalue weighted by molar-refractivity contribution is 5.92. The van der Waals surface area contributed by atoms with Crippen molar-refractivity contribution in [2.75, 3.05) is 26.5 Å². The number of benzene rings is 3. The lowest BCUT2D eigenvalue weighted by molar-refractivity contribution is 0.404. The number of hydrogen-bond acceptors (Lipinski definition) is 3. The lowest BCUT2D eigenvalue weighted by Crippen LogP contribution is -2.10. The standard InChI is InChI=1S/C29H30FN3O/c1-32(2)18-22-19-33(29(20-5-4-6-20)21-7-9-23(30)10-8-21)28-17-25(13-16-27(22)28)31-24-11-14-26(34-3)15-12-24/h7-17,19,31H,4-6,18H2,1-3H3. The minimum atomic E-state index is -0.210. The minimum absolute atomic E-state index is 0.210. The second-order valence-electron chi connectivity index (χ2n) is 9.16. The van der Waals surface area contributed by atoms with Gasteiger partial charge in [-0.15, -0.1) is 0 Å². The Bertz CT molecular complexity index is 1330. The van der Waals surface area contributed by atoms with Crippen molar-refractivity contribution in [3.63, 3.8) is 0 Å². The number of hydrogen-bond donors (Lipinski definition) is 1. The summed E-state index contributed by atoms with van der Waals surface area (Å²) in [4.78, 5) is 2.19. The van der Waals surface area contributed by atoms with Crippen LogP contribution < -0.4 is 10.1 Å². The summed E-state index contributed by atoms with van der Waals surface area (Å²) < 4.78 is 21.3. The van der Waals surface area contributed by atoms with Crippen molar-refractivity contribution in [1.29, 1.82) is 0 Å². The maximum absolute atomic E-state index is 13.7. The zero-order valence-electron chi connectivity index (χ0n) is 19.9. The van der Waals surface area contributed by atoms with Crippen LogP contribution >= 0.6 is 0 Å². The Kier molecular flexibility index (Phi) is 6.12. The van der Waals surface area contributed by atoms with Crippen LogP contribution in [-0.2, 0) is 6.54 Å². The number of rotatable bonds is 7. The Morgan fingerprint density at radius 2 is 1.68 bits per heavy atom. The number of ether oxygens (including phenoxy) is 1. The molecule has 1 heterocycles. The van der Waals surface area contributed by atoms with E-state index in [-0.39, 0.29) is 5.82 Å². The van der Waals surface area contributed by atoms with Gasteiger partial charge in [-0.1, -0.05) is 6.07 Å². The summed E-state index contributed by atoms with van der Waals surface area (Å²) in [6.45, 7) is 0.848. The van der Waals surface area contributed by atoms with Gasteiger partial charge in [0.15, 0.2) is 0 Å². The van der Waals surface area contributed by atoms with Crippen LogP contribution in [-0.4, -0.2) is 30.7 Å². The van der Waals surface area contributed by atoms with E-state index in [1.807, 2.05) is 36.4 Å². The van der Waals surface area contributed by atoms with E-state index in [0.29, 0.717) is 0 Å². The molecule has 0 bridgehead atoms. The van der Waals surface area contributed by atoms with Crippen molar-refractivity contribution in [2.24, 2.45) is 0 Å². The monoisotopic (exact) mass is 455 g/mol. The van der Waals surface area contributed by atoms with Crippen LogP contribution in [0.2, 0.25) is 0 Å². The fourth-order valence-electron chi connectivity index (χ4n) is 4.58. The van der Waals surface area contributed by atoms with Gasteiger partial charge in [0.25, 0.3) is 0 Å². The topological polar surface area (TPSA) is 29.4 Å². The van der Waals surface area contributed by atoms with E-state index in [1.165, 1.54) is 28.6 Å². The third-order valence-electron chi connectivity index (χ3n) is 6.40. The van der Waals surface area contributed by atoms with Gasteiger partial charge in [-0.2, -0.15) is 0 Å². The van der Waals surface area contributed by atoms with Crippen LogP contribution in [0.5, 0.6) is 5.75 Å². The van der Waals surface area contributed by atoms with Crippen LogP contribution in [0.25, 0.3) is 16.6 Å². The van der Waals surface area contributed by atoms with Crippen LogP contribution in [0.3, 0.4) is 0 Å². The van der Waals surface area contributed by atoms with E-state index in [2.05, 4.69) is 53.3 Å².